The minimum atomic E-state index is -0.492. The van der Waals surface area contributed by atoms with Crippen LogP contribution >= 0.6 is 11.6 Å². The van der Waals surface area contributed by atoms with Crippen molar-refractivity contribution in [2.24, 2.45) is 0 Å². The molecule has 0 spiro atoms. The zero-order valence-corrected chi connectivity index (χ0v) is 11.6. The Bertz CT molecular complexity index is 349. The van der Waals surface area contributed by atoms with Crippen LogP contribution in [-0.4, -0.2) is 55.8 Å². The van der Waals surface area contributed by atoms with E-state index >= 15 is 0 Å². The van der Waals surface area contributed by atoms with E-state index in [9.17, 15) is 5.11 Å². The van der Waals surface area contributed by atoms with E-state index in [1.807, 2.05) is 36.2 Å². The summed E-state index contributed by atoms with van der Waals surface area (Å²) in [6.45, 7) is 1.83. The predicted octanol–water partition coefficient (Wildman–Crippen LogP) is 1.61. The molecule has 0 aromatic heterocycles. The predicted molar refractivity (Wildman–Crippen MR) is 72.7 cm³/mol. The van der Waals surface area contributed by atoms with Crippen molar-refractivity contribution < 1.29 is 14.6 Å². The van der Waals surface area contributed by atoms with Crippen molar-refractivity contribution in [2.75, 3.05) is 39.7 Å². The van der Waals surface area contributed by atoms with Gasteiger partial charge in [0.05, 0.1) is 13.2 Å². The molecule has 0 aliphatic rings. The van der Waals surface area contributed by atoms with Gasteiger partial charge >= 0.3 is 0 Å². The van der Waals surface area contributed by atoms with Crippen LogP contribution < -0.4 is 9.47 Å². The third-order valence-electron chi connectivity index (χ3n) is 2.48. The molecule has 0 heterocycles. The summed E-state index contributed by atoms with van der Waals surface area (Å²) in [6.07, 6.45) is -0.492. The van der Waals surface area contributed by atoms with Crippen LogP contribution in [0.15, 0.2) is 24.3 Å². The Balaban J connectivity index is 2.28. The van der Waals surface area contributed by atoms with Crippen molar-refractivity contribution in [1.29, 1.82) is 0 Å². The maximum Gasteiger partial charge on any atom is 0.123 e. The Morgan fingerprint density at radius 2 is 2.11 bits per heavy atom. The molecule has 1 N–H and O–H groups in total. The van der Waals surface area contributed by atoms with E-state index in [-0.39, 0.29) is 5.88 Å². The van der Waals surface area contributed by atoms with E-state index in [0.717, 1.165) is 18.0 Å². The monoisotopic (exact) mass is 273 g/mol. The van der Waals surface area contributed by atoms with Gasteiger partial charge in [-0.1, -0.05) is 6.07 Å². The highest BCUT2D eigenvalue weighted by atomic mass is 35.5. The van der Waals surface area contributed by atoms with E-state index in [1.54, 1.807) is 7.11 Å². The van der Waals surface area contributed by atoms with Crippen molar-refractivity contribution in [2.45, 2.75) is 6.10 Å². The van der Waals surface area contributed by atoms with Gasteiger partial charge in [-0.25, -0.2) is 0 Å². The molecule has 1 aromatic rings. The molecule has 1 aromatic carbocycles. The lowest BCUT2D eigenvalue weighted by atomic mass is 10.3. The summed E-state index contributed by atoms with van der Waals surface area (Å²) in [5, 5.41) is 9.38. The largest absolute Gasteiger partial charge is 0.497 e. The van der Waals surface area contributed by atoms with Gasteiger partial charge in [0.1, 0.15) is 18.1 Å². The number of benzene rings is 1. The van der Waals surface area contributed by atoms with E-state index < -0.39 is 6.10 Å². The Kier molecular flexibility index (Phi) is 6.86. The molecule has 5 heteroatoms. The molecular formula is C13H20ClNO3. The van der Waals surface area contributed by atoms with Crippen molar-refractivity contribution >= 4 is 11.6 Å². The zero-order valence-electron chi connectivity index (χ0n) is 10.8. The standard InChI is InChI=1S/C13H20ClNO3/c1-15(10-11(16)9-14)6-7-18-13-5-3-4-12(8-13)17-2/h3-5,8,11,16H,6-7,9-10H2,1-2H3. The number of hydrogen-bond donors (Lipinski definition) is 1. The third kappa shape index (κ3) is 5.58. The van der Waals surface area contributed by atoms with Gasteiger partial charge in [-0.2, -0.15) is 0 Å². The molecule has 1 atom stereocenters. The third-order valence-corrected chi connectivity index (χ3v) is 2.84. The van der Waals surface area contributed by atoms with E-state index in [0.29, 0.717) is 13.2 Å². The number of hydrogen-bond acceptors (Lipinski definition) is 4. The van der Waals surface area contributed by atoms with Crippen LogP contribution in [0.25, 0.3) is 0 Å². The lowest BCUT2D eigenvalue weighted by Gasteiger charge is -2.19. The number of aliphatic hydroxyl groups excluding tert-OH is 1. The molecule has 0 fully saturated rings. The minimum Gasteiger partial charge on any atom is -0.497 e. The fourth-order valence-corrected chi connectivity index (χ4v) is 1.61. The van der Waals surface area contributed by atoms with Gasteiger partial charge in [0.25, 0.3) is 0 Å². The average molecular weight is 274 g/mol. The first-order valence-corrected chi connectivity index (χ1v) is 6.38. The van der Waals surface area contributed by atoms with Gasteiger partial charge in [0, 0.05) is 25.0 Å². The topological polar surface area (TPSA) is 41.9 Å². The highest BCUT2D eigenvalue weighted by Gasteiger charge is 2.06. The second kappa shape index (κ2) is 8.19. The molecule has 102 valence electrons. The highest BCUT2D eigenvalue weighted by molar-refractivity contribution is 6.18. The first-order valence-electron chi connectivity index (χ1n) is 5.85. The lowest BCUT2D eigenvalue weighted by Crippen LogP contribution is -2.33. The quantitative estimate of drug-likeness (QED) is 0.731. The van der Waals surface area contributed by atoms with Crippen LogP contribution in [0, 0.1) is 0 Å². The Hall–Kier alpha value is -0.970. The Morgan fingerprint density at radius 1 is 1.39 bits per heavy atom. The normalized spacial score (nSPS) is 12.5. The molecule has 0 aliphatic carbocycles. The van der Waals surface area contributed by atoms with Crippen LogP contribution in [0.3, 0.4) is 0 Å². The molecule has 1 rings (SSSR count). The highest BCUT2D eigenvalue weighted by Crippen LogP contribution is 2.18. The molecule has 0 radical (unpaired) electrons. The van der Waals surface area contributed by atoms with Gasteiger partial charge in [0.15, 0.2) is 0 Å². The van der Waals surface area contributed by atoms with Gasteiger partial charge in [-0.3, -0.25) is 0 Å². The Labute approximate surface area is 113 Å². The van der Waals surface area contributed by atoms with Crippen LogP contribution in [0.1, 0.15) is 0 Å². The van der Waals surface area contributed by atoms with E-state index in [4.69, 9.17) is 21.1 Å². The van der Waals surface area contributed by atoms with Crippen LogP contribution in [0.5, 0.6) is 11.5 Å². The maximum atomic E-state index is 9.38. The summed E-state index contributed by atoms with van der Waals surface area (Å²) in [5.74, 6) is 1.81. The Morgan fingerprint density at radius 3 is 2.78 bits per heavy atom. The number of ether oxygens (including phenoxy) is 2. The molecule has 0 saturated heterocycles. The van der Waals surface area contributed by atoms with Crippen molar-refractivity contribution in [1.82, 2.24) is 4.90 Å². The first-order chi connectivity index (χ1) is 8.65. The molecule has 4 nitrogen and oxygen atoms in total. The maximum absolute atomic E-state index is 9.38. The van der Waals surface area contributed by atoms with Gasteiger partial charge in [-0.15, -0.1) is 11.6 Å². The number of nitrogens with zero attached hydrogens (tertiary/aromatic N) is 1. The van der Waals surface area contributed by atoms with Crippen molar-refractivity contribution in [3.05, 3.63) is 24.3 Å². The van der Waals surface area contributed by atoms with Crippen molar-refractivity contribution in [3.63, 3.8) is 0 Å². The van der Waals surface area contributed by atoms with Crippen LogP contribution in [-0.2, 0) is 0 Å². The summed E-state index contributed by atoms with van der Waals surface area (Å²) in [7, 11) is 3.55. The fourth-order valence-electron chi connectivity index (χ4n) is 1.51. The van der Waals surface area contributed by atoms with Crippen LogP contribution in [0.2, 0.25) is 0 Å². The number of methoxy groups -OCH3 is 1. The summed E-state index contributed by atoms with van der Waals surface area (Å²) in [4.78, 5) is 1.98. The van der Waals surface area contributed by atoms with Crippen LogP contribution in [0.4, 0.5) is 0 Å². The minimum absolute atomic E-state index is 0.251. The van der Waals surface area contributed by atoms with Gasteiger partial charge < -0.3 is 19.5 Å². The van der Waals surface area contributed by atoms with Gasteiger partial charge in [-0.05, 0) is 19.2 Å². The van der Waals surface area contributed by atoms with E-state index in [2.05, 4.69) is 0 Å². The first kappa shape index (κ1) is 15.1. The number of rotatable bonds is 8. The number of halogens is 1. The smallest absolute Gasteiger partial charge is 0.123 e. The molecule has 1 unspecified atom stereocenters. The SMILES string of the molecule is COc1cccc(OCCN(C)CC(O)CCl)c1. The molecule has 0 bridgehead atoms. The van der Waals surface area contributed by atoms with Gasteiger partial charge in [0.2, 0.25) is 0 Å². The fraction of sp³-hybridized carbons (Fsp3) is 0.538. The molecule has 0 saturated carbocycles. The van der Waals surface area contributed by atoms with E-state index in [1.165, 1.54) is 0 Å². The molecule has 0 amide bonds. The molecule has 18 heavy (non-hydrogen) atoms. The zero-order chi connectivity index (χ0) is 13.4. The summed E-state index contributed by atoms with van der Waals surface area (Å²) < 4.78 is 10.7. The second-order valence-corrected chi connectivity index (χ2v) is 4.41. The molecular weight excluding hydrogens is 254 g/mol. The molecule has 0 aliphatic heterocycles. The second-order valence-electron chi connectivity index (χ2n) is 4.10. The number of aliphatic hydroxyl groups is 1. The number of alkyl halides is 1. The summed E-state index contributed by atoms with van der Waals surface area (Å²) >= 11 is 5.54. The average Bonchev–Trinajstić information content (AvgIpc) is 2.38. The lowest BCUT2D eigenvalue weighted by molar-refractivity contribution is 0.133. The number of likely N-dealkylation sites (N-methyl/N-ethyl adjacent to an activating group) is 1. The van der Waals surface area contributed by atoms with Crippen molar-refractivity contribution in [3.8, 4) is 11.5 Å². The summed E-state index contributed by atoms with van der Waals surface area (Å²) in [5.41, 5.74) is 0. The summed E-state index contributed by atoms with van der Waals surface area (Å²) in [6, 6.07) is 7.48.